The van der Waals surface area contributed by atoms with Gasteiger partial charge in [-0.2, -0.15) is 0 Å². The van der Waals surface area contributed by atoms with Crippen molar-refractivity contribution in [1.82, 2.24) is 25.6 Å². The van der Waals surface area contributed by atoms with Crippen molar-refractivity contribution in [2.45, 2.75) is 12.8 Å². The number of aromatic nitrogens is 1. The van der Waals surface area contributed by atoms with E-state index < -0.39 is 11.8 Å². The Balaban J connectivity index is 1.68. The third kappa shape index (κ3) is 4.31. The number of nitrogens with one attached hydrogen (secondary N) is 3. The molecule has 1 aliphatic rings. The first-order valence-electron chi connectivity index (χ1n) is 6.87. The molecule has 2 rings (SSSR count). The van der Waals surface area contributed by atoms with E-state index in [9.17, 15) is 19.2 Å². The van der Waals surface area contributed by atoms with Crippen LogP contribution < -0.4 is 10.9 Å². The Morgan fingerprint density at radius 3 is 2.65 bits per heavy atom. The number of amides is 5. The van der Waals surface area contributed by atoms with Gasteiger partial charge in [-0.25, -0.2) is 4.79 Å². The molecule has 3 N–H and O–H groups in total. The maximum atomic E-state index is 11.7. The topological polar surface area (TPSA) is 115 Å². The fourth-order valence-corrected chi connectivity index (χ4v) is 2.39. The van der Waals surface area contributed by atoms with Gasteiger partial charge in [-0.1, -0.05) is 0 Å². The highest BCUT2D eigenvalue weighted by Gasteiger charge is 2.32. The molecule has 5 amide bonds. The van der Waals surface area contributed by atoms with Gasteiger partial charge in [0.2, 0.25) is 11.8 Å². The molecule has 1 saturated heterocycles. The van der Waals surface area contributed by atoms with Gasteiger partial charge in [-0.15, -0.1) is 0 Å². The van der Waals surface area contributed by atoms with Crippen LogP contribution in [0.4, 0.5) is 4.79 Å². The van der Waals surface area contributed by atoms with Crippen LogP contribution in [0.15, 0.2) is 16.7 Å². The minimum absolute atomic E-state index is 0.0623. The molecule has 2 heterocycles. The van der Waals surface area contributed by atoms with Crippen molar-refractivity contribution < 1.29 is 19.2 Å². The van der Waals surface area contributed by atoms with Crippen molar-refractivity contribution in [1.29, 1.82) is 0 Å². The van der Waals surface area contributed by atoms with Crippen LogP contribution in [0.25, 0.3) is 0 Å². The van der Waals surface area contributed by atoms with Crippen molar-refractivity contribution in [2.24, 2.45) is 0 Å². The van der Waals surface area contributed by atoms with E-state index in [0.29, 0.717) is 12.1 Å². The average molecular weight is 386 g/mol. The maximum absolute atomic E-state index is 11.7. The molecule has 0 aliphatic carbocycles. The highest BCUT2D eigenvalue weighted by molar-refractivity contribution is 9.10. The van der Waals surface area contributed by atoms with Gasteiger partial charge in [-0.3, -0.25) is 30.1 Å². The number of urea groups is 1. The zero-order valence-corrected chi connectivity index (χ0v) is 14.0. The quantitative estimate of drug-likeness (QED) is 0.496. The summed E-state index contributed by atoms with van der Waals surface area (Å²) >= 11 is 3.20. The highest BCUT2D eigenvalue weighted by atomic mass is 79.9. The summed E-state index contributed by atoms with van der Waals surface area (Å²) in [5, 5.41) is 0. The van der Waals surface area contributed by atoms with Gasteiger partial charge in [0.25, 0.3) is 5.91 Å². The van der Waals surface area contributed by atoms with Crippen LogP contribution in [0.1, 0.15) is 23.3 Å². The van der Waals surface area contributed by atoms with Crippen molar-refractivity contribution in [3.8, 4) is 0 Å². The lowest BCUT2D eigenvalue weighted by Crippen LogP contribution is -2.42. The molecular formula is C13H16BrN5O4. The van der Waals surface area contributed by atoms with E-state index in [4.69, 9.17) is 0 Å². The second-order valence-electron chi connectivity index (χ2n) is 5.02. The first-order valence-corrected chi connectivity index (χ1v) is 7.66. The zero-order chi connectivity index (χ0) is 17.0. The number of H-pyrrole nitrogens is 1. The van der Waals surface area contributed by atoms with Crippen molar-refractivity contribution >= 4 is 39.7 Å². The van der Waals surface area contributed by atoms with Crippen LogP contribution in [0.5, 0.6) is 0 Å². The fraction of sp³-hybridized carbons (Fsp3) is 0.385. The number of likely N-dealkylation sites (N-methyl/N-ethyl adjacent to an activating group) is 1. The monoisotopic (exact) mass is 385 g/mol. The molecule has 1 aromatic rings. The normalized spacial score (nSPS) is 14.3. The largest absolute Gasteiger partial charge is 0.356 e. The van der Waals surface area contributed by atoms with Crippen molar-refractivity contribution in [3.63, 3.8) is 0 Å². The molecule has 9 nitrogen and oxygen atoms in total. The summed E-state index contributed by atoms with van der Waals surface area (Å²) in [6.07, 6.45) is 1.99. The number of carbonyl (C=O) groups excluding carboxylic acids is 4. The summed E-state index contributed by atoms with van der Waals surface area (Å²) < 4.78 is 0.721. The summed E-state index contributed by atoms with van der Waals surface area (Å²) in [7, 11) is 1.54. The van der Waals surface area contributed by atoms with E-state index in [1.54, 1.807) is 19.3 Å². The van der Waals surface area contributed by atoms with Crippen LogP contribution in [0.3, 0.4) is 0 Å². The number of halogens is 1. The maximum Gasteiger partial charge on any atom is 0.326 e. The smallest absolute Gasteiger partial charge is 0.326 e. The van der Waals surface area contributed by atoms with Crippen LogP contribution in [-0.2, 0) is 9.59 Å². The second-order valence-corrected chi connectivity index (χ2v) is 5.94. The number of hydrazine groups is 1. The standard InChI is InChI=1S/C13H16BrN5O4/c1-18-7-11(21)19(13(18)23)4-2-3-10(20)16-17-12(22)9-5-8(14)6-15-9/h5-6,15H,2-4,7H2,1H3,(H,16,20)(H,17,22). The molecule has 1 fully saturated rings. The van der Waals surface area contributed by atoms with E-state index in [1.165, 1.54) is 4.90 Å². The fourth-order valence-electron chi connectivity index (χ4n) is 2.04. The molecule has 0 radical (unpaired) electrons. The number of aromatic amines is 1. The molecule has 1 aliphatic heterocycles. The number of rotatable bonds is 5. The van der Waals surface area contributed by atoms with E-state index in [-0.39, 0.29) is 31.4 Å². The lowest BCUT2D eigenvalue weighted by molar-refractivity contribution is -0.126. The average Bonchev–Trinajstić information content (AvgIpc) is 3.03. The van der Waals surface area contributed by atoms with E-state index >= 15 is 0 Å². The van der Waals surface area contributed by atoms with Crippen molar-refractivity contribution in [2.75, 3.05) is 20.1 Å². The molecule has 0 unspecified atom stereocenters. The third-order valence-corrected chi connectivity index (χ3v) is 3.68. The van der Waals surface area contributed by atoms with Crippen molar-refractivity contribution in [3.05, 3.63) is 22.4 Å². The van der Waals surface area contributed by atoms with E-state index in [2.05, 4.69) is 31.8 Å². The number of hydrogen-bond donors (Lipinski definition) is 3. The SMILES string of the molecule is CN1CC(=O)N(CCCC(=O)NNC(=O)c2cc(Br)c[nH]2)C1=O. The Morgan fingerprint density at radius 2 is 2.09 bits per heavy atom. The minimum Gasteiger partial charge on any atom is -0.356 e. The molecule has 0 aromatic carbocycles. The van der Waals surface area contributed by atoms with Crippen LogP contribution >= 0.6 is 15.9 Å². The molecule has 10 heteroatoms. The lowest BCUT2D eigenvalue weighted by atomic mass is 10.3. The van der Waals surface area contributed by atoms with Gasteiger partial charge in [0, 0.05) is 30.7 Å². The Kier molecular flexibility index (Phi) is 5.37. The summed E-state index contributed by atoms with van der Waals surface area (Å²) in [6.45, 7) is 0.236. The van der Waals surface area contributed by atoms with Crippen LogP contribution in [0, 0.1) is 0 Å². The van der Waals surface area contributed by atoms with Gasteiger partial charge < -0.3 is 9.88 Å². The Labute approximate surface area is 140 Å². The predicted octanol–water partition coefficient (Wildman–Crippen LogP) is 0.212. The summed E-state index contributed by atoms with van der Waals surface area (Å²) in [5.74, 6) is -1.16. The Hall–Kier alpha value is -2.36. The van der Waals surface area contributed by atoms with E-state index in [1.807, 2.05) is 0 Å². The van der Waals surface area contributed by atoms with E-state index in [0.717, 1.165) is 9.37 Å². The van der Waals surface area contributed by atoms with Crippen LogP contribution in [0.2, 0.25) is 0 Å². The summed E-state index contributed by atoms with van der Waals surface area (Å²) in [4.78, 5) is 51.7. The first-order chi connectivity index (χ1) is 10.9. The lowest BCUT2D eigenvalue weighted by Gasteiger charge is -2.13. The molecule has 23 heavy (non-hydrogen) atoms. The van der Waals surface area contributed by atoms with Gasteiger partial charge >= 0.3 is 6.03 Å². The summed E-state index contributed by atoms with van der Waals surface area (Å²) in [5.41, 5.74) is 4.84. The van der Waals surface area contributed by atoms with Crippen LogP contribution in [-0.4, -0.2) is 58.7 Å². The Morgan fingerprint density at radius 1 is 1.35 bits per heavy atom. The zero-order valence-electron chi connectivity index (χ0n) is 12.4. The summed E-state index contributed by atoms with van der Waals surface area (Å²) in [6, 6.07) is 1.21. The molecule has 0 saturated carbocycles. The molecule has 1 aromatic heterocycles. The Bertz CT molecular complexity index is 644. The minimum atomic E-state index is -0.476. The first kappa shape index (κ1) is 17.0. The third-order valence-electron chi connectivity index (χ3n) is 3.22. The molecule has 0 spiro atoms. The highest BCUT2D eigenvalue weighted by Crippen LogP contribution is 2.10. The number of nitrogens with zero attached hydrogens (tertiary/aromatic N) is 2. The van der Waals surface area contributed by atoms with Gasteiger partial charge in [0.1, 0.15) is 12.2 Å². The number of hydrogen-bond acceptors (Lipinski definition) is 4. The number of carbonyl (C=O) groups is 4. The molecular weight excluding hydrogens is 370 g/mol. The molecule has 124 valence electrons. The van der Waals surface area contributed by atoms with Gasteiger partial charge in [0.05, 0.1) is 0 Å². The number of imide groups is 1. The molecule has 0 bridgehead atoms. The predicted molar refractivity (Wildman–Crippen MR) is 83.1 cm³/mol. The molecule has 0 atom stereocenters. The van der Waals surface area contributed by atoms with Gasteiger partial charge in [0.15, 0.2) is 0 Å². The van der Waals surface area contributed by atoms with Gasteiger partial charge in [-0.05, 0) is 28.4 Å². The second kappa shape index (κ2) is 7.27.